The molecule has 0 heterocycles. The number of phosphoric ester groups is 1. The van der Waals surface area contributed by atoms with Gasteiger partial charge in [-0.3, -0.25) is 14.2 Å². The van der Waals surface area contributed by atoms with Gasteiger partial charge in [-0.25, -0.2) is 0 Å². The van der Waals surface area contributed by atoms with Gasteiger partial charge in [-0.05, 0) is 12.8 Å². The van der Waals surface area contributed by atoms with Crippen LogP contribution in [0.25, 0.3) is 0 Å². The molecule has 10 heteroatoms. The van der Waals surface area contributed by atoms with E-state index in [1.54, 1.807) is 0 Å². The number of carbonyl (C=O) groups is 2. The summed E-state index contributed by atoms with van der Waals surface area (Å²) in [5.41, 5.74) is 0. The highest BCUT2D eigenvalue weighted by atomic mass is 31.2. The molecule has 0 fully saturated rings. The van der Waals surface area contributed by atoms with Gasteiger partial charge in [0, 0.05) is 12.8 Å². The number of hydrogen-bond donors (Lipinski definition) is 0. The molecule has 0 bridgehead atoms. The van der Waals surface area contributed by atoms with Crippen molar-refractivity contribution in [2.75, 3.05) is 47.5 Å². The zero-order valence-corrected chi connectivity index (χ0v) is 41.3. The first-order chi connectivity index (χ1) is 29.0. The lowest BCUT2D eigenvalue weighted by atomic mass is 10.0. The average molecular weight is 874 g/mol. The maximum absolute atomic E-state index is 12.7. The van der Waals surface area contributed by atoms with Gasteiger partial charge < -0.3 is 27.9 Å². The van der Waals surface area contributed by atoms with E-state index >= 15 is 0 Å². The van der Waals surface area contributed by atoms with Crippen molar-refractivity contribution in [1.82, 2.24) is 0 Å². The van der Waals surface area contributed by atoms with Crippen molar-refractivity contribution in [3.05, 3.63) is 0 Å². The highest BCUT2D eigenvalue weighted by Gasteiger charge is 2.21. The molecule has 0 aromatic carbocycles. The van der Waals surface area contributed by atoms with Crippen molar-refractivity contribution in [3.8, 4) is 0 Å². The molecule has 0 radical (unpaired) electrons. The normalized spacial score (nSPS) is 13.4. The fourth-order valence-corrected chi connectivity index (χ4v) is 8.33. The van der Waals surface area contributed by atoms with Crippen molar-refractivity contribution >= 4 is 19.8 Å². The van der Waals surface area contributed by atoms with Crippen LogP contribution in [-0.4, -0.2) is 70.0 Å². The minimum absolute atomic E-state index is 0.0257. The molecular formula is C50H100NO8P. The van der Waals surface area contributed by atoms with E-state index in [0.717, 1.165) is 32.1 Å². The van der Waals surface area contributed by atoms with E-state index in [-0.39, 0.29) is 32.0 Å². The van der Waals surface area contributed by atoms with Crippen LogP contribution in [0.4, 0.5) is 0 Å². The fraction of sp³-hybridized carbons (Fsp3) is 0.960. The molecule has 0 aliphatic carbocycles. The molecule has 358 valence electrons. The Morgan fingerprint density at radius 3 is 1.07 bits per heavy atom. The Hall–Kier alpha value is -0.990. The van der Waals surface area contributed by atoms with E-state index in [0.29, 0.717) is 17.4 Å². The lowest BCUT2D eigenvalue weighted by molar-refractivity contribution is -0.870. The molecule has 0 aromatic rings. The third-order valence-electron chi connectivity index (χ3n) is 11.6. The number of quaternary nitrogens is 1. The lowest BCUT2D eigenvalue weighted by Crippen LogP contribution is -2.37. The molecule has 9 nitrogen and oxygen atoms in total. The number of esters is 2. The summed E-state index contributed by atoms with van der Waals surface area (Å²) in [4.78, 5) is 37.5. The quantitative estimate of drug-likeness (QED) is 0.0257. The van der Waals surface area contributed by atoms with Crippen molar-refractivity contribution < 1.29 is 42.1 Å². The number of hydrogen-bond acceptors (Lipinski definition) is 8. The van der Waals surface area contributed by atoms with E-state index in [1.807, 2.05) is 21.1 Å². The molecule has 0 spiro atoms. The van der Waals surface area contributed by atoms with Gasteiger partial charge in [0.05, 0.1) is 27.7 Å². The summed E-state index contributed by atoms with van der Waals surface area (Å²) in [5.74, 6) is -0.820. The van der Waals surface area contributed by atoms with E-state index in [9.17, 15) is 19.0 Å². The smallest absolute Gasteiger partial charge is 0.306 e. The van der Waals surface area contributed by atoms with Crippen LogP contribution in [0.3, 0.4) is 0 Å². The second-order valence-electron chi connectivity index (χ2n) is 18.9. The predicted octanol–water partition coefficient (Wildman–Crippen LogP) is 14.5. The summed E-state index contributed by atoms with van der Waals surface area (Å²) in [5, 5.41) is 0. The Morgan fingerprint density at radius 2 is 0.750 bits per heavy atom. The fourth-order valence-electron chi connectivity index (χ4n) is 7.60. The molecule has 2 atom stereocenters. The Kier molecular flexibility index (Phi) is 42.6. The first-order valence-corrected chi connectivity index (χ1v) is 27.2. The van der Waals surface area contributed by atoms with E-state index in [4.69, 9.17) is 18.5 Å². The first-order valence-electron chi connectivity index (χ1n) is 25.7. The van der Waals surface area contributed by atoms with Crippen LogP contribution >= 0.6 is 7.82 Å². The highest BCUT2D eigenvalue weighted by Crippen LogP contribution is 2.38. The maximum atomic E-state index is 12.7. The van der Waals surface area contributed by atoms with Crippen molar-refractivity contribution in [3.63, 3.8) is 0 Å². The molecule has 0 N–H and O–H groups in total. The third kappa shape index (κ3) is 46.5. The van der Waals surface area contributed by atoms with E-state index < -0.39 is 26.5 Å². The topological polar surface area (TPSA) is 111 Å². The van der Waals surface area contributed by atoms with Crippen LogP contribution in [0.5, 0.6) is 0 Å². The Bertz CT molecular complexity index is 990. The molecular weight excluding hydrogens is 774 g/mol. The van der Waals surface area contributed by atoms with Gasteiger partial charge in [0.25, 0.3) is 7.82 Å². The molecule has 0 aliphatic heterocycles. The standard InChI is InChI=1S/C50H100NO8P/c1-6-8-10-12-14-16-17-18-19-20-21-22-23-24-25-26-27-28-29-30-31-32-33-35-37-39-41-43-50(53)59-48(47-58-60(54,55)57-45-44-51(3,4)5)46-56-49(52)42-40-38-36-34-15-13-11-9-7-2/h48H,6-47H2,1-5H3. The lowest BCUT2D eigenvalue weighted by Gasteiger charge is -2.28. The number of nitrogens with zero attached hydrogens (tertiary/aromatic N) is 1. The van der Waals surface area contributed by atoms with E-state index in [2.05, 4.69) is 13.8 Å². The zero-order chi connectivity index (χ0) is 44.3. The zero-order valence-electron chi connectivity index (χ0n) is 40.4. The van der Waals surface area contributed by atoms with Gasteiger partial charge in [0.15, 0.2) is 6.10 Å². The monoisotopic (exact) mass is 874 g/mol. The number of unbranched alkanes of at least 4 members (excludes halogenated alkanes) is 34. The minimum atomic E-state index is -4.62. The van der Waals surface area contributed by atoms with Crippen LogP contribution in [0, 0.1) is 0 Å². The Balaban J connectivity index is 4.01. The van der Waals surface area contributed by atoms with Crippen LogP contribution in [-0.2, 0) is 32.7 Å². The second kappa shape index (κ2) is 43.3. The minimum Gasteiger partial charge on any atom is -0.756 e. The molecule has 60 heavy (non-hydrogen) atoms. The molecule has 2 unspecified atom stereocenters. The summed E-state index contributed by atoms with van der Waals surface area (Å²) >= 11 is 0. The van der Waals surface area contributed by atoms with Crippen molar-refractivity contribution in [2.24, 2.45) is 0 Å². The van der Waals surface area contributed by atoms with Crippen LogP contribution in [0.2, 0.25) is 0 Å². The molecule has 0 saturated carbocycles. The Morgan fingerprint density at radius 1 is 0.450 bits per heavy atom. The third-order valence-corrected chi connectivity index (χ3v) is 12.6. The summed E-state index contributed by atoms with van der Waals surface area (Å²) < 4.78 is 33.9. The predicted molar refractivity (Wildman–Crippen MR) is 250 cm³/mol. The maximum Gasteiger partial charge on any atom is 0.306 e. The van der Waals surface area contributed by atoms with Crippen LogP contribution < -0.4 is 4.89 Å². The van der Waals surface area contributed by atoms with Gasteiger partial charge in [0.1, 0.15) is 19.8 Å². The first kappa shape index (κ1) is 59.0. The van der Waals surface area contributed by atoms with Crippen molar-refractivity contribution in [2.45, 2.75) is 264 Å². The second-order valence-corrected chi connectivity index (χ2v) is 20.3. The van der Waals surface area contributed by atoms with E-state index in [1.165, 1.54) is 193 Å². The number of carbonyl (C=O) groups excluding carboxylic acids is 2. The van der Waals surface area contributed by atoms with Gasteiger partial charge >= 0.3 is 11.9 Å². The van der Waals surface area contributed by atoms with Crippen LogP contribution in [0.1, 0.15) is 258 Å². The van der Waals surface area contributed by atoms with Crippen LogP contribution in [0.15, 0.2) is 0 Å². The number of rotatable bonds is 48. The summed E-state index contributed by atoms with van der Waals surface area (Å²) in [6.45, 7) is 4.25. The average Bonchev–Trinajstić information content (AvgIpc) is 3.20. The molecule has 0 aliphatic rings. The highest BCUT2D eigenvalue weighted by molar-refractivity contribution is 7.45. The molecule has 0 amide bonds. The summed E-state index contributed by atoms with van der Waals surface area (Å²) in [6, 6.07) is 0. The Labute approximate surface area is 372 Å². The molecule has 0 aromatic heterocycles. The van der Waals surface area contributed by atoms with Crippen molar-refractivity contribution in [1.29, 1.82) is 0 Å². The van der Waals surface area contributed by atoms with Gasteiger partial charge in [-0.2, -0.15) is 0 Å². The summed E-state index contributed by atoms with van der Waals surface area (Å²) in [6.07, 6.45) is 45.9. The largest absolute Gasteiger partial charge is 0.756 e. The summed E-state index contributed by atoms with van der Waals surface area (Å²) in [7, 11) is 1.18. The number of phosphoric acid groups is 1. The molecule has 0 saturated heterocycles. The van der Waals surface area contributed by atoms with Gasteiger partial charge in [-0.15, -0.1) is 0 Å². The van der Waals surface area contributed by atoms with Gasteiger partial charge in [0.2, 0.25) is 0 Å². The van der Waals surface area contributed by atoms with Gasteiger partial charge in [-0.1, -0.05) is 232 Å². The SMILES string of the molecule is CCCCCCCCCCCCCCCCCCCCCCCCCCCCCC(=O)OC(COC(=O)CCCCCCCCCCC)COP(=O)([O-])OCC[N+](C)(C)C. The number of likely N-dealkylation sites (N-methyl/N-ethyl adjacent to an activating group) is 1. The number of ether oxygens (including phenoxy) is 2. The molecule has 0 rings (SSSR count).